The third-order valence-electron chi connectivity index (χ3n) is 3.29. The van der Waals surface area contributed by atoms with Crippen LogP contribution in [0.2, 0.25) is 0 Å². The summed E-state index contributed by atoms with van der Waals surface area (Å²) in [6.07, 6.45) is 1.15. The van der Waals surface area contributed by atoms with Crippen molar-refractivity contribution >= 4 is 17.1 Å². The highest BCUT2D eigenvalue weighted by atomic mass is 16.3. The first-order chi connectivity index (χ1) is 9.97. The number of allylic oxidation sites excluding steroid dienone is 2. The molecule has 2 aromatic rings. The van der Waals surface area contributed by atoms with Crippen molar-refractivity contribution in [3.8, 4) is 17.2 Å². The summed E-state index contributed by atoms with van der Waals surface area (Å²) < 4.78 is 0. The summed E-state index contributed by atoms with van der Waals surface area (Å²) in [5.74, 6) is -1.65. The Morgan fingerprint density at radius 1 is 0.810 bits per heavy atom. The molecule has 3 N–H and O–H groups in total. The first kappa shape index (κ1) is 12.9. The van der Waals surface area contributed by atoms with E-state index in [4.69, 9.17) is 0 Å². The Morgan fingerprint density at radius 3 is 2.14 bits per heavy atom. The van der Waals surface area contributed by atoms with Gasteiger partial charge in [-0.15, -0.1) is 0 Å². The molecule has 5 heteroatoms. The Balaban J connectivity index is 2.17. The molecular weight excluding hydrogens is 272 g/mol. The zero-order valence-corrected chi connectivity index (χ0v) is 10.7. The van der Waals surface area contributed by atoms with Crippen LogP contribution in [0.15, 0.2) is 42.5 Å². The van der Waals surface area contributed by atoms with E-state index in [1.165, 1.54) is 24.3 Å². The van der Waals surface area contributed by atoms with Crippen LogP contribution in [0.3, 0.4) is 0 Å². The van der Waals surface area contributed by atoms with Gasteiger partial charge in [-0.2, -0.15) is 0 Å². The van der Waals surface area contributed by atoms with Crippen LogP contribution in [0.1, 0.15) is 26.3 Å². The summed E-state index contributed by atoms with van der Waals surface area (Å²) in [4.78, 5) is 24.5. The molecule has 0 amide bonds. The van der Waals surface area contributed by atoms with E-state index in [0.717, 1.165) is 18.2 Å². The maximum Gasteiger partial charge on any atom is 0.194 e. The van der Waals surface area contributed by atoms with Gasteiger partial charge >= 0.3 is 0 Å². The molecule has 0 aliphatic heterocycles. The van der Waals surface area contributed by atoms with E-state index in [1.54, 1.807) is 0 Å². The lowest BCUT2D eigenvalue weighted by molar-refractivity contribution is 0.0999. The van der Waals surface area contributed by atoms with Crippen molar-refractivity contribution in [2.24, 2.45) is 0 Å². The fourth-order valence-corrected chi connectivity index (χ4v) is 2.32. The van der Waals surface area contributed by atoms with Crippen LogP contribution < -0.4 is 0 Å². The van der Waals surface area contributed by atoms with Gasteiger partial charge in [0, 0.05) is 17.2 Å². The topological polar surface area (TPSA) is 94.8 Å². The number of carbonyl (C=O) groups is 2. The van der Waals surface area contributed by atoms with Gasteiger partial charge in [-0.25, -0.2) is 0 Å². The number of phenolic OH excluding ortho intramolecular Hbond substituents is 3. The molecule has 5 nitrogen and oxygen atoms in total. The Morgan fingerprint density at radius 2 is 1.48 bits per heavy atom. The maximum absolute atomic E-state index is 12.4. The van der Waals surface area contributed by atoms with E-state index in [0.29, 0.717) is 5.56 Å². The van der Waals surface area contributed by atoms with E-state index in [1.807, 2.05) is 0 Å². The van der Waals surface area contributed by atoms with E-state index in [-0.39, 0.29) is 28.2 Å². The smallest absolute Gasteiger partial charge is 0.194 e. The van der Waals surface area contributed by atoms with Crippen molar-refractivity contribution < 1.29 is 24.9 Å². The first-order valence-electron chi connectivity index (χ1n) is 6.13. The van der Waals surface area contributed by atoms with E-state index in [2.05, 4.69) is 0 Å². The number of ketones is 2. The fourth-order valence-electron chi connectivity index (χ4n) is 2.32. The SMILES string of the molecule is O=C1C(c2ccc(O)cc2)=CC(=O)c2c(O)cc(O)cc21. The molecule has 1 aliphatic carbocycles. The average molecular weight is 282 g/mol. The number of rotatable bonds is 1. The molecule has 0 saturated carbocycles. The van der Waals surface area contributed by atoms with Gasteiger partial charge < -0.3 is 15.3 Å². The average Bonchev–Trinajstić information content (AvgIpc) is 2.43. The Kier molecular flexibility index (Phi) is 2.76. The maximum atomic E-state index is 12.4. The van der Waals surface area contributed by atoms with Crippen LogP contribution in [0.5, 0.6) is 17.2 Å². The molecule has 0 atom stereocenters. The highest BCUT2D eigenvalue weighted by molar-refractivity contribution is 6.39. The van der Waals surface area contributed by atoms with Crippen molar-refractivity contribution in [2.45, 2.75) is 0 Å². The molecule has 0 heterocycles. The zero-order valence-electron chi connectivity index (χ0n) is 10.7. The zero-order chi connectivity index (χ0) is 15.1. The lowest BCUT2D eigenvalue weighted by Crippen LogP contribution is -2.16. The third kappa shape index (κ3) is 2.04. The fraction of sp³-hybridized carbons (Fsp3) is 0. The highest BCUT2D eigenvalue weighted by Gasteiger charge is 2.29. The molecule has 0 unspecified atom stereocenters. The van der Waals surface area contributed by atoms with Crippen molar-refractivity contribution in [3.63, 3.8) is 0 Å². The summed E-state index contributed by atoms with van der Waals surface area (Å²) in [5.41, 5.74) is 0.473. The van der Waals surface area contributed by atoms with E-state index >= 15 is 0 Å². The molecule has 0 bridgehead atoms. The number of phenols is 3. The van der Waals surface area contributed by atoms with Crippen LogP contribution in [-0.4, -0.2) is 26.9 Å². The number of carbonyl (C=O) groups excluding carboxylic acids is 2. The normalized spacial score (nSPS) is 13.8. The lowest BCUT2D eigenvalue weighted by atomic mass is 9.85. The summed E-state index contributed by atoms with van der Waals surface area (Å²) in [7, 11) is 0. The molecule has 21 heavy (non-hydrogen) atoms. The Bertz CT molecular complexity index is 800. The number of hydrogen-bond donors (Lipinski definition) is 3. The van der Waals surface area contributed by atoms with Crippen LogP contribution in [-0.2, 0) is 0 Å². The number of benzene rings is 2. The molecule has 1 aliphatic rings. The van der Waals surface area contributed by atoms with Gasteiger partial charge in [0.15, 0.2) is 11.6 Å². The predicted molar refractivity (Wildman–Crippen MR) is 74.5 cm³/mol. The van der Waals surface area contributed by atoms with Gasteiger partial charge in [-0.1, -0.05) is 12.1 Å². The number of Topliss-reactive ketones (excluding diaryl/α,β-unsaturated/α-hetero) is 1. The monoisotopic (exact) mass is 282 g/mol. The van der Waals surface area contributed by atoms with Crippen LogP contribution >= 0.6 is 0 Å². The second-order valence-electron chi connectivity index (χ2n) is 4.69. The highest BCUT2D eigenvalue weighted by Crippen LogP contribution is 2.35. The van der Waals surface area contributed by atoms with Crippen LogP contribution in [0.4, 0.5) is 0 Å². The van der Waals surface area contributed by atoms with Gasteiger partial charge in [0.1, 0.15) is 17.2 Å². The summed E-state index contributed by atoms with van der Waals surface area (Å²) in [6, 6.07) is 8.01. The third-order valence-corrected chi connectivity index (χ3v) is 3.29. The Labute approximate surface area is 119 Å². The molecule has 0 radical (unpaired) electrons. The molecule has 2 aromatic carbocycles. The molecule has 0 spiro atoms. The predicted octanol–water partition coefficient (Wildman–Crippen LogP) is 2.27. The molecule has 0 aromatic heterocycles. The van der Waals surface area contributed by atoms with E-state index in [9.17, 15) is 24.9 Å². The molecule has 3 rings (SSSR count). The minimum absolute atomic E-state index is 0.0388. The quantitative estimate of drug-likeness (QED) is 0.745. The van der Waals surface area contributed by atoms with Crippen molar-refractivity contribution in [3.05, 3.63) is 59.2 Å². The molecule has 0 saturated heterocycles. The molecule has 0 fully saturated rings. The van der Waals surface area contributed by atoms with Gasteiger partial charge in [-0.05, 0) is 29.8 Å². The Hall–Kier alpha value is -3.08. The minimum Gasteiger partial charge on any atom is -0.508 e. The van der Waals surface area contributed by atoms with Crippen LogP contribution in [0.25, 0.3) is 5.57 Å². The molecular formula is C16H10O5. The summed E-state index contributed by atoms with van der Waals surface area (Å²) in [5, 5.41) is 28.5. The van der Waals surface area contributed by atoms with Crippen molar-refractivity contribution in [2.75, 3.05) is 0 Å². The number of hydrogen-bond acceptors (Lipinski definition) is 5. The van der Waals surface area contributed by atoms with Crippen molar-refractivity contribution in [1.82, 2.24) is 0 Å². The second-order valence-corrected chi connectivity index (χ2v) is 4.69. The second kappa shape index (κ2) is 4.49. The van der Waals surface area contributed by atoms with Gasteiger partial charge in [0.05, 0.1) is 5.56 Å². The van der Waals surface area contributed by atoms with Gasteiger partial charge in [-0.3, -0.25) is 9.59 Å². The first-order valence-corrected chi connectivity index (χ1v) is 6.13. The summed E-state index contributed by atoms with van der Waals surface area (Å²) in [6.45, 7) is 0. The largest absolute Gasteiger partial charge is 0.508 e. The van der Waals surface area contributed by atoms with Gasteiger partial charge in [0.25, 0.3) is 0 Å². The minimum atomic E-state index is -0.509. The van der Waals surface area contributed by atoms with Gasteiger partial charge in [0.2, 0.25) is 0 Å². The van der Waals surface area contributed by atoms with Crippen LogP contribution in [0, 0.1) is 0 Å². The van der Waals surface area contributed by atoms with E-state index < -0.39 is 17.3 Å². The summed E-state index contributed by atoms with van der Waals surface area (Å²) >= 11 is 0. The number of fused-ring (bicyclic) bond motifs is 1. The van der Waals surface area contributed by atoms with Crippen molar-refractivity contribution in [1.29, 1.82) is 0 Å². The lowest BCUT2D eigenvalue weighted by Gasteiger charge is -2.16. The standard InChI is InChI=1S/C16H10O5/c17-9-3-1-8(2-4-9)11-7-14(20)15-12(16(11)21)5-10(18)6-13(15)19/h1-7,17-19H. The molecule has 104 valence electrons. The number of aromatic hydroxyl groups is 3.